The normalized spacial score (nSPS) is 22.2. The second-order valence-corrected chi connectivity index (χ2v) is 11.4. The standard InChI is InChI=1S/C31H48N2O4/c1-8-33(7)23(6)26(22(5)32)18-27-28(34)19-31(37-30(27)35,25-11-9-10-12-25)16-15-24-13-14-29(21(4)17-24)36-20(2)3/h13-14,17,20,22,25,34H,8-12,15-16,18-19,32H2,1-7H3/b26-23-. The highest BCUT2D eigenvalue weighted by Crippen LogP contribution is 2.46. The van der Waals surface area contributed by atoms with Crippen LogP contribution in [0.5, 0.6) is 5.75 Å². The third-order valence-electron chi connectivity index (χ3n) is 8.32. The molecule has 6 heteroatoms. The molecule has 1 aliphatic heterocycles. The van der Waals surface area contributed by atoms with Crippen molar-refractivity contribution in [2.45, 2.75) is 111 Å². The van der Waals surface area contributed by atoms with E-state index in [-0.39, 0.29) is 23.8 Å². The van der Waals surface area contributed by atoms with E-state index in [2.05, 4.69) is 30.9 Å². The molecule has 37 heavy (non-hydrogen) atoms. The highest BCUT2D eigenvalue weighted by atomic mass is 16.6. The van der Waals surface area contributed by atoms with Gasteiger partial charge in [-0.2, -0.15) is 0 Å². The van der Waals surface area contributed by atoms with Gasteiger partial charge in [-0.15, -0.1) is 0 Å². The molecule has 0 amide bonds. The zero-order valence-corrected chi connectivity index (χ0v) is 24.0. The van der Waals surface area contributed by atoms with E-state index in [1.54, 1.807) is 0 Å². The summed E-state index contributed by atoms with van der Waals surface area (Å²) in [6.07, 6.45) is 6.63. The predicted octanol–water partition coefficient (Wildman–Crippen LogP) is 6.37. The Morgan fingerprint density at radius 3 is 2.49 bits per heavy atom. The average molecular weight is 513 g/mol. The number of nitrogens with two attached hydrogens (primary N) is 1. The number of allylic oxidation sites excluding steroid dienone is 1. The summed E-state index contributed by atoms with van der Waals surface area (Å²) >= 11 is 0. The Bertz CT molecular complexity index is 1020. The lowest BCUT2D eigenvalue weighted by Crippen LogP contribution is -2.46. The number of nitrogens with zero attached hydrogens (tertiary/aromatic N) is 1. The summed E-state index contributed by atoms with van der Waals surface area (Å²) in [5.74, 6) is 0.949. The highest BCUT2D eigenvalue weighted by Gasteiger charge is 2.48. The summed E-state index contributed by atoms with van der Waals surface area (Å²) < 4.78 is 12.3. The van der Waals surface area contributed by atoms with E-state index >= 15 is 0 Å². The molecule has 0 saturated heterocycles. The molecule has 1 aliphatic carbocycles. The van der Waals surface area contributed by atoms with Crippen LogP contribution in [0.15, 0.2) is 40.8 Å². The maximum Gasteiger partial charge on any atom is 0.338 e. The van der Waals surface area contributed by atoms with Crippen LogP contribution >= 0.6 is 0 Å². The summed E-state index contributed by atoms with van der Waals surface area (Å²) in [5, 5.41) is 11.3. The number of carbonyl (C=O) groups is 1. The first-order valence-corrected chi connectivity index (χ1v) is 14.0. The molecule has 0 spiro atoms. The number of rotatable bonds is 11. The molecule has 1 aromatic carbocycles. The van der Waals surface area contributed by atoms with E-state index in [1.165, 1.54) is 5.56 Å². The van der Waals surface area contributed by atoms with Crippen molar-refractivity contribution in [1.29, 1.82) is 0 Å². The van der Waals surface area contributed by atoms with Crippen LogP contribution in [-0.2, 0) is 16.0 Å². The van der Waals surface area contributed by atoms with Crippen molar-refractivity contribution in [3.8, 4) is 5.75 Å². The molecule has 1 fully saturated rings. The van der Waals surface area contributed by atoms with Crippen molar-refractivity contribution >= 4 is 5.97 Å². The van der Waals surface area contributed by atoms with Gasteiger partial charge in [0, 0.05) is 38.2 Å². The smallest absolute Gasteiger partial charge is 0.338 e. The minimum atomic E-state index is -0.671. The minimum absolute atomic E-state index is 0.129. The molecule has 2 atom stereocenters. The molecule has 0 bridgehead atoms. The molecule has 3 rings (SSSR count). The van der Waals surface area contributed by atoms with E-state index in [1.807, 2.05) is 40.8 Å². The minimum Gasteiger partial charge on any atom is -0.512 e. The van der Waals surface area contributed by atoms with E-state index in [9.17, 15) is 9.90 Å². The highest BCUT2D eigenvalue weighted by molar-refractivity contribution is 5.91. The molecule has 1 saturated carbocycles. The maximum absolute atomic E-state index is 13.5. The van der Waals surface area contributed by atoms with Gasteiger partial charge in [-0.05, 0) is 95.9 Å². The van der Waals surface area contributed by atoms with Gasteiger partial charge in [-0.25, -0.2) is 4.79 Å². The van der Waals surface area contributed by atoms with Gasteiger partial charge in [0.1, 0.15) is 17.1 Å². The van der Waals surface area contributed by atoms with Crippen molar-refractivity contribution in [2.75, 3.05) is 13.6 Å². The van der Waals surface area contributed by atoms with Gasteiger partial charge in [-0.3, -0.25) is 0 Å². The topological polar surface area (TPSA) is 85.0 Å². The monoisotopic (exact) mass is 512 g/mol. The molecule has 1 heterocycles. The van der Waals surface area contributed by atoms with Crippen molar-refractivity contribution in [3.05, 3.63) is 51.9 Å². The lowest BCUT2D eigenvalue weighted by atomic mass is 9.76. The van der Waals surface area contributed by atoms with Crippen molar-refractivity contribution < 1.29 is 19.4 Å². The number of benzene rings is 1. The van der Waals surface area contributed by atoms with Crippen LogP contribution in [-0.4, -0.2) is 47.3 Å². The first-order valence-electron chi connectivity index (χ1n) is 14.0. The largest absolute Gasteiger partial charge is 0.512 e. The fourth-order valence-corrected chi connectivity index (χ4v) is 5.89. The number of cyclic esters (lactones) is 1. The summed E-state index contributed by atoms with van der Waals surface area (Å²) in [6, 6.07) is 6.08. The fourth-order valence-electron chi connectivity index (χ4n) is 5.89. The Kier molecular flexibility index (Phi) is 9.74. The van der Waals surface area contributed by atoms with Gasteiger partial charge in [-0.1, -0.05) is 25.0 Å². The van der Waals surface area contributed by atoms with Crippen LogP contribution in [0.4, 0.5) is 0 Å². The number of hydrogen-bond acceptors (Lipinski definition) is 6. The number of esters is 1. The van der Waals surface area contributed by atoms with Gasteiger partial charge in [0.05, 0.1) is 11.7 Å². The number of carbonyl (C=O) groups excluding carboxylic acids is 1. The van der Waals surface area contributed by atoms with Gasteiger partial charge in [0.2, 0.25) is 0 Å². The Labute approximate surface area is 223 Å². The third kappa shape index (κ3) is 6.90. The van der Waals surface area contributed by atoms with E-state index in [4.69, 9.17) is 15.2 Å². The average Bonchev–Trinajstić information content (AvgIpc) is 3.38. The Morgan fingerprint density at radius 2 is 1.95 bits per heavy atom. The van der Waals surface area contributed by atoms with Crippen molar-refractivity contribution in [3.63, 3.8) is 0 Å². The van der Waals surface area contributed by atoms with Gasteiger partial charge < -0.3 is 25.2 Å². The summed E-state index contributed by atoms with van der Waals surface area (Å²) in [4.78, 5) is 15.6. The third-order valence-corrected chi connectivity index (χ3v) is 8.32. The maximum atomic E-state index is 13.5. The molecule has 2 aliphatic rings. The second-order valence-electron chi connectivity index (χ2n) is 11.4. The van der Waals surface area contributed by atoms with Gasteiger partial charge >= 0.3 is 5.97 Å². The van der Waals surface area contributed by atoms with E-state index in [0.717, 1.165) is 61.2 Å². The van der Waals surface area contributed by atoms with Crippen LogP contribution in [0, 0.1) is 12.8 Å². The molecule has 0 aromatic heterocycles. The summed E-state index contributed by atoms with van der Waals surface area (Å²) in [5.41, 5.74) is 10.3. The summed E-state index contributed by atoms with van der Waals surface area (Å²) in [6.45, 7) is 13.0. The SMILES string of the molecule is CCN(C)/C(C)=C(/CC1=C(O)CC(CCc2ccc(OC(C)C)c(C)c2)(C2CCCC2)OC1=O)C(C)N. The van der Waals surface area contributed by atoms with Crippen molar-refractivity contribution in [2.24, 2.45) is 11.7 Å². The Balaban J connectivity index is 1.86. The first-order chi connectivity index (χ1) is 17.5. The molecular formula is C31H48N2O4. The number of aryl methyl sites for hydroxylation is 2. The molecule has 0 radical (unpaired) electrons. The summed E-state index contributed by atoms with van der Waals surface area (Å²) in [7, 11) is 2.01. The number of aliphatic hydroxyl groups excluding tert-OH is 1. The Hall–Kier alpha value is -2.47. The number of ether oxygens (including phenoxy) is 2. The molecular weight excluding hydrogens is 464 g/mol. The van der Waals surface area contributed by atoms with E-state index < -0.39 is 11.6 Å². The van der Waals surface area contributed by atoms with Gasteiger partial charge in [0.15, 0.2) is 0 Å². The van der Waals surface area contributed by atoms with E-state index in [0.29, 0.717) is 24.8 Å². The number of aliphatic hydroxyl groups is 1. The molecule has 206 valence electrons. The molecule has 6 nitrogen and oxygen atoms in total. The predicted molar refractivity (Wildman–Crippen MR) is 150 cm³/mol. The van der Waals surface area contributed by atoms with Gasteiger partial charge in [0.25, 0.3) is 0 Å². The van der Waals surface area contributed by atoms with Crippen LogP contribution in [0.1, 0.15) is 90.7 Å². The van der Waals surface area contributed by atoms with Crippen LogP contribution in [0.25, 0.3) is 0 Å². The van der Waals surface area contributed by atoms with Crippen LogP contribution < -0.4 is 10.5 Å². The second kappa shape index (κ2) is 12.4. The van der Waals surface area contributed by atoms with Crippen LogP contribution in [0.3, 0.4) is 0 Å². The quantitative estimate of drug-likeness (QED) is 0.335. The lowest BCUT2D eigenvalue weighted by Gasteiger charge is -2.42. The lowest BCUT2D eigenvalue weighted by molar-refractivity contribution is -0.167. The number of hydrogen-bond donors (Lipinski definition) is 2. The zero-order chi connectivity index (χ0) is 27.3. The fraction of sp³-hybridized carbons (Fsp3) is 0.645. The molecule has 3 N–H and O–H groups in total. The molecule has 1 aromatic rings. The molecule has 2 unspecified atom stereocenters. The van der Waals surface area contributed by atoms with Crippen LogP contribution in [0.2, 0.25) is 0 Å². The zero-order valence-electron chi connectivity index (χ0n) is 24.0. The first kappa shape index (κ1) is 29.1. The van der Waals surface area contributed by atoms with Crippen molar-refractivity contribution in [1.82, 2.24) is 4.90 Å². The Morgan fingerprint density at radius 1 is 1.27 bits per heavy atom.